The number of carbonyl (C=O) groups excluding carboxylic acids is 1. The molecule has 3 heterocycles. The van der Waals surface area contributed by atoms with Crippen molar-refractivity contribution in [3.05, 3.63) is 76.7 Å². The van der Waals surface area contributed by atoms with E-state index in [0.29, 0.717) is 23.9 Å². The Bertz CT molecular complexity index is 1490. The van der Waals surface area contributed by atoms with Crippen LogP contribution in [0.1, 0.15) is 80.7 Å². The third-order valence-corrected chi connectivity index (χ3v) is 9.44. The molecule has 0 spiro atoms. The molecule has 1 saturated heterocycles. The van der Waals surface area contributed by atoms with Gasteiger partial charge < -0.3 is 19.4 Å². The van der Waals surface area contributed by atoms with Crippen LogP contribution in [0.5, 0.6) is 11.6 Å². The van der Waals surface area contributed by atoms with E-state index >= 15 is 4.39 Å². The zero-order valence-corrected chi connectivity index (χ0v) is 28.0. The Balaban J connectivity index is 0.00000368. The van der Waals surface area contributed by atoms with Gasteiger partial charge in [0.05, 0.1) is 13.3 Å². The molecule has 43 heavy (non-hydrogen) atoms. The van der Waals surface area contributed by atoms with E-state index in [1.165, 1.54) is 13.3 Å². The number of methoxy groups -OCH3 is 1. The first-order valence-corrected chi connectivity index (χ1v) is 15.2. The Morgan fingerprint density at radius 2 is 1.95 bits per heavy atom. The van der Waals surface area contributed by atoms with Gasteiger partial charge in [-0.05, 0) is 89.8 Å². The summed E-state index contributed by atoms with van der Waals surface area (Å²) >= 11 is 0. The summed E-state index contributed by atoms with van der Waals surface area (Å²) in [5.74, 6) is -0.396. The largest absolute Gasteiger partial charge is 1.00 e. The van der Waals surface area contributed by atoms with E-state index in [0.717, 1.165) is 78.8 Å². The smallest absolute Gasteiger partial charge is 0.550 e. The van der Waals surface area contributed by atoms with Crippen molar-refractivity contribution in [3.8, 4) is 22.8 Å². The van der Waals surface area contributed by atoms with E-state index in [4.69, 9.17) is 9.47 Å². The molecule has 0 bridgehead atoms. The maximum atomic E-state index is 15.1. The van der Waals surface area contributed by atoms with Gasteiger partial charge in [0.1, 0.15) is 17.7 Å². The summed E-state index contributed by atoms with van der Waals surface area (Å²) in [7, 11) is 1.54. The molecule has 0 radical (unpaired) electrons. The average molecular weight is 595 g/mol. The van der Waals surface area contributed by atoms with E-state index < -0.39 is 11.9 Å². The molecule has 2 aromatic carbocycles. The molecule has 1 saturated carbocycles. The Morgan fingerprint density at radius 1 is 1.16 bits per heavy atom. The summed E-state index contributed by atoms with van der Waals surface area (Å²) < 4.78 is 27.0. The van der Waals surface area contributed by atoms with Gasteiger partial charge in [-0.2, -0.15) is 0 Å². The summed E-state index contributed by atoms with van der Waals surface area (Å²) in [6, 6.07) is 14.1. The zero-order chi connectivity index (χ0) is 29.6. The standard InChI is InChI=1S/C35H41FN2O4.Na/c1-21(34(39)40)33(23-6-7-23)25-8-5-22-10-12-30(42-31(22)16-25)24-9-11-27(28-17-32(41-4)37-18-29(28)36)26(15-24)19-38-14-13-35(2,3)20-38;/h5,8-9,11,15-18,21,23,30,33H,6-7,10,12-14,19-20H2,1-4H3,(H,39,40);/q;+1/p-1/t21-,30?,33-;/m0./s1. The van der Waals surface area contributed by atoms with Crippen LogP contribution < -0.4 is 44.1 Å². The van der Waals surface area contributed by atoms with Gasteiger partial charge in [-0.1, -0.05) is 51.1 Å². The number of hydrogen-bond donors (Lipinski definition) is 0. The maximum absolute atomic E-state index is 15.1. The number of fused-ring (bicyclic) bond motifs is 1. The number of hydrogen-bond acceptors (Lipinski definition) is 6. The second-order valence-corrected chi connectivity index (χ2v) is 13.2. The van der Waals surface area contributed by atoms with Crippen LogP contribution in [-0.4, -0.2) is 36.1 Å². The fourth-order valence-electron chi connectivity index (χ4n) is 6.94. The molecule has 1 aromatic heterocycles. The minimum Gasteiger partial charge on any atom is -0.550 e. The third kappa shape index (κ3) is 6.95. The molecule has 3 aromatic rings. The Morgan fingerprint density at radius 3 is 2.63 bits per heavy atom. The third-order valence-electron chi connectivity index (χ3n) is 9.44. The summed E-state index contributed by atoms with van der Waals surface area (Å²) in [5, 5.41) is 11.8. The molecule has 6 rings (SSSR count). The van der Waals surface area contributed by atoms with Crippen molar-refractivity contribution in [2.24, 2.45) is 17.3 Å². The molecule has 1 unspecified atom stereocenters. The molecular weight excluding hydrogens is 554 g/mol. The summed E-state index contributed by atoms with van der Waals surface area (Å²) in [6.07, 6.45) is 6.01. The molecule has 1 aliphatic carbocycles. The number of aliphatic carboxylic acids is 1. The number of halogens is 1. The van der Waals surface area contributed by atoms with Crippen LogP contribution in [0.4, 0.5) is 4.39 Å². The van der Waals surface area contributed by atoms with E-state index in [2.05, 4.69) is 48.0 Å². The Kier molecular flexibility index (Phi) is 9.57. The minimum atomic E-state index is -0.999. The van der Waals surface area contributed by atoms with Crippen molar-refractivity contribution in [1.82, 2.24) is 9.88 Å². The van der Waals surface area contributed by atoms with Crippen LogP contribution >= 0.6 is 0 Å². The van der Waals surface area contributed by atoms with E-state index in [9.17, 15) is 9.90 Å². The quantitative estimate of drug-likeness (QED) is 0.355. The average Bonchev–Trinajstić information content (AvgIpc) is 3.75. The molecular formula is C35H40FN2NaO4. The fourth-order valence-corrected chi connectivity index (χ4v) is 6.94. The number of carboxylic acids is 1. The topological polar surface area (TPSA) is 74.7 Å². The first-order valence-electron chi connectivity index (χ1n) is 15.2. The normalized spacial score (nSPS) is 20.8. The van der Waals surface area contributed by atoms with E-state index in [1.807, 2.05) is 12.1 Å². The second kappa shape index (κ2) is 12.9. The molecule has 2 aliphatic heterocycles. The molecule has 3 aliphatic rings. The van der Waals surface area contributed by atoms with Crippen LogP contribution in [0.3, 0.4) is 0 Å². The molecule has 3 atom stereocenters. The van der Waals surface area contributed by atoms with E-state index in [-0.39, 0.29) is 52.8 Å². The van der Waals surface area contributed by atoms with Gasteiger partial charge in [0.2, 0.25) is 5.88 Å². The second-order valence-electron chi connectivity index (χ2n) is 13.2. The number of carbonyl (C=O) groups is 1. The number of rotatable bonds is 9. The number of likely N-dealkylation sites (tertiary alicyclic amines) is 1. The van der Waals surface area contributed by atoms with Gasteiger partial charge in [-0.15, -0.1) is 0 Å². The first-order chi connectivity index (χ1) is 20.1. The molecule has 8 heteroatoms. The molecule has 0 amide bonds. The van der Waals surface area contributed by atoms with Crippen LogP contribution in [0.15, 0.2) is 48.7 Å². The predicted molar refractivity (Wildman–Crippen MR) is 158 cm³/mol. The number of ether oxygens (including phenoxy) is 2. The van der Waals surface area contributed by atoms with Crippen LogP contribution in [-0.2, 0) is 17.8 Å². The summed E-state index contributed by atoms with van der Waals surface area (Å²) in [4.78, 5) is 18.3. The number of aryl methyl sites for hydroxylation is 1. The number of nitrogens with zero attached hydrogens (tertiary/aromatic N) is 2. The monoisotopic (exact) mass is 594 g/mol. The van der Waals surface area contributed by atoms with Crippen LogP contribution in [0.2, 0.25) is 0 Å². The predicted octanol–water partition coefficient (Wildman–Crippen LogP) is 3.08. The number of benzene rings is 2. The first kappa shape index (κ1) is 32.0. The van der Waals surface area contributed by atoms with Gasteiger partial charge >= 0.3 is 29.6 Å². The van der Waals surface area contributed by atoms with Gasteiger partial charge in [0.15, 0.2) is 0 Å². The number of aromatic nitrogens is 1. The molecule has 0 N–H and O–H groups in total. The molecule has 6 nitrogen and oxygen atoms in total. The SMILES string of the molecule is COc1cc(-c2ccc(C3CCc4ccc([C@H](C5CC5)[C@H](C)C(=O)[O-])cc4O3)cc2CN2CCC(C)(C)C2)c(F)cn1.[Na+]. The van der Waals surface area contributed by atoms with E-state index in [1.54, 1.807) is 13.0 Å². The summed E-state index contributed by atoms with van der Waals surface area (Å²) in [5.41, 5.74) is 5.85. The fraction of sp³-hybridized carbons (Fsp3) is 0.486. The van der Waals surface area contributed by atoms with Crippen molar-refractivity contribution in [3.63, 3.8) is 0 Å². The van der Waals surface area contributed by atoms with Gasteiger partial charge in [0.25, 0.3) is 0 Å². The molecule has 2 fully saturated rings. The van der Waals surface area contributed by atoms with Gasteiger partial charge in [0, 0.05) is 36.6 Å². The van der Waals surface area contributed by atoms with Crippen molar-refractivity contribution in [1.29, 1.82) is 0 Å². The zero-order valence-electron chi connectivity index (χ0n) is 26.0. The summed E-state index contributed by atoms with van der Waals surface area (Å²) in [6.45, 7) is 9.05. The van der Waals surface area contributed by atoms with Crippen molar-refractivity contribution >= 4 is 5.97 Å². The molecule has 222 valence electrons. The van der Waals surface area contributed by atoms with Crippen molar-refractivity contribution < 1.29 is 53.3 Å². The number of pyridine rings is 1. The van der Waals surface area contributed by atoms with Gasteiger partial charge in [-0.25, -0.2) is 9.37 Å². The van der Waals surface area contributed by atoms with Gasteiger partial charge in [-0.3, -0.25) is 4.90 Å². The van der Waals surface area contributed by atoms with Crippen LogP contribution in [0.25, 0.3) is 11.1 Å². The van der Waals surface area contributed by atoms with Crippen LogP contribution in [0, 0.1) is 23.1 Å². The minimum absolute atomic E-state index is 0. The Labute approximate surface area is 276 Å². The van der Waals surface area contributed by atoms with Crippen molar-refractivity contribution in [2.45, 2.75) is 71.4 Å². The number of carboxylic acid groups (broad SMARTS) is 1. The maximum Gasteiger partial charge on any atom is 1.00 e. The van der Waals surface area contributed by atoms with Crippen molar-refractivity contribution in [2.75, 3.05) is 20.2 Å². The Hall–Kier alpha value is -2.45.